The smallest absolute Gasteiger partial charge is 0.411 e. The fourth-order valence-corrected chi connectivity index (χ4v) is 3.44. The van der Waals surface area contributed by atoms with E-state index >= 15 is 0 Å². The highest BCUT2D eigenvalue weighted by molar-refractivity contribution is 8.00. The third-order valence-corrected chi connectivity index (χ3v) is 4.60. The molecular weight excluding hydrogens is 262 g/mol. The van der Waals surface area contributed by atoms with Gasteiger partial charge < -0.3 is 4.74 Å². The Morgan fingerprint density at radius 2 is 1.95 bits per heavy atom. The SMILES string of the molecule is COC(=O)N1[C@H](C(=O)c2ccccc2)CSC1(C)C. The summed E-state index contributed by atoms with van der Waals surface area (Å²) >= 11 is 1.59. The lowest BCUT2D eigenvalue weighted by atomic mass is 10.0. The summed E-state index contributed by atoms with van der Waals surface area (Å²) in [7, 11) is 1.34. The van der Waals surface area contributed by atoms with Crippen LogP contribution in [-0.2, 0) is 4.74 Å². The first-order valence-electron chi connectivity index (χ1n) is 6.08. The first-order chi connectivity index (χ1) is 8.97. The number of carbonyl (C=O) groups is 2. The predicted molar refractivity (Wildman–Crippen MR) is 75.3 cm³/mol. The second-order valence-electron chi connectivity index (χ2n) is 4.84. The molecule has 0 unspecified atom stereocenters. The number of benzene rings is 1. The van der Waals surface area contributed by atoms with Gasteiger partial charge in [0, 0.05) is 11.3 Å². The molecule has 0 radical (unpaired) electrons. The Morgan fingerprint density at radius 3 is 2.53 bits per heavy atom. The summed E-state index contributed by atoms with van der Waals surface area (Å²) < 4.78 is 4.81. The van der Waals surface area contributed by atoms with Gasteiger partial charge in [-0.3, -0.25) is 9.69 Å². The molecule has 19 heavy (non-hydrogen) atoms. The fraction of sp³-hybridized carbons (Fsp3) is 0.429. The van der Waals surface area contributed by atoms with E-state index in [9.17, 15) is 9.59 Å². The van der Waals surface area contributed by atoms with E-state index in [1.54, 1.807) is 23.9 Å². The van der Waals surface area contributed by atoms with E-state index < -0.39 is 17.0 Å². The van der Waals surface area contributed by atoms with E-state index in [1.807, 2.05) is 32.0 Å². The molecule has 0 N–H and O–H groups in total. The highest BCUT2D eigenvalue weighted by atomic mass is 32.2. The zero-order valence-corrected chi connectivity index (χ0v) is 12.1. The predicted octanol–water partition coefficient (Wildman–Crippen LogP) is 2.79. The molecule has 1 amide bonds. The molecule has 4 nitrogen and oxygen atoms in total. The summed E-state index contributed by atoms with van der Waals surface area (Å²) in [6, 6.07) is 8.59. The highest BCUT2D eigenvalue weighted by Crippen LogP contribution is 2.40. The molecule has 1 aromatic carbocycles. The lowest BCUT2D eigenvalue weighted by Gasteiger charge is -2.32. The molecule has 102 valence electrons. The van der Waals surface area contributed by atoms with E-state index in [4.69, 9.17) is 4.74 Å². The normalized spacial score (nSPS) is 21.2. The van der Waals surface area contributed by atoms with E-state index in [1.165, 1.54) is 12.0 Å². The summed E-state index contributed by atoms with van der Waals surface area (Å²) in [5.74, 6) is 0.555. The quantitative estimate of drug-likeness (QED) is 0.781. The van der Waals surface area contributed by atoms with E-state index in [2.05, 4.69) is 0 Å². The Hall–Kier alpha value is -1.49. The largest absolute Gasteiger partial charge is 0.453 e. The third kappa shape index (κ3) is 2.61. The van der Waals surface area contributed by atoms with Crippen LogP contribution in [0.25, 0.3) is 0 Å². The Labute approximate surface area is 117 Å². The molecule has 0 spiro atoms. The van der Waals surface area contributed by atoms with Crippen LogP contribution < -0.4 is 0 Å². The molecule has 1 aromatic rings. The fourth-order valence-electron chi connectivity index (χ4n) is 2.24. The van der Waals surface area contributed by atoms with Gasteiger partial charge in [-0.25, -0.2) is 4.79 Å². The molecule has 1 fully saturated rings. The van der Waals surface area contributed by atoms with Crippen LogP contribution in [0.15, 0.2) is 30.3 Å². The van der Waals surface area contributed by atoms with Gasteiger partial charge in [0.25, 0.3) is 0 Å². The van der Waals surface area contributed by atoms with Crippen molar-refractivity contribution in [1.82, 2.24) is 4.90 Å². The zero-order valence-electron chi connectivity index (χ0n) is 11.3. The number of methoxy groups -OCH3 is 1. The van der Waals surface area contributed by atoms with Crippen LogP contribution >= 0.6 is 11.8 Å². The van der Waals surface area contributed by atoms with Gasteiger partial charge in [-0.05, 0) is 13.8 Å². The summed E-state index contributed by atoms with van der Waals surface area (Å²) in [6.45, 7) is 3.85. The maximum Gasteiger partial charge on any atom is 0.411 e. The van der Waals surface area contributed by atoms with Gasteiger partial charge in [0.05, 0.1) is 12.0 Å². The first-order valence-corrected chi connectivity index (χ1v) is 7.06. The van der Waals surface area contributed by atoms with Crippen molar-refractivity contribution >= 4 is 23.6 Å². The van der Waals surface area contributed by atoms with E-state index in [-0.39, 0.29) is 5.78 Å². The lowest BCUT2D eigenvalue weighted by molar-refractivity contribution is 0.0703. The van der Waals surface area contributed by atoms with Crippen molar-refractivity contribution in [2.24, 2.45) is 0 Å². The highest BCUT2D eigenvalue weighted by Gasteiger charge is 2.47. The third-order valence-electron chi connectivity index (χ3n) is 3.22. The van der Waals surface area contributed by atoms with Crippen LogP contribution in [0.1, 0.15) is 24.2 Å². The van der Waals surface area contributed by atoms with Crippen molar-refractivity contribution in [1.29, 1.82) is 0 Å². The number of ether oxygens (including phenoxy) is 1. The summed E-state index contributed by atoms with van der Waals surface area (Å²) in [5.41, 5.74) is 0.625. The van der Waals surface area contributed by atoms with Crippen LogP contribution in [0.3, 0.4) is 0 Å². The van der Waals surface area contributed by atoms with E-state index in [0.717, 1.165) is 0 Å². The van der Waals surface area contributed by atoms with Gasteiger partial charge >= 0.3 is 6.09 Å². The first kappa shape index (κ1) is 13.9. The van der Waals surface area contributed by atoms with Gasteiger partial charge in [-0.1, -0.05) is 30.3 Å². The summed E-state index contributed by atoms with van der Waals surface area (Å²) in [5, 5.41) is 0. The molecule has 0 bridgehead atoms. The zero-order chi connectivity index (χ0) is 14.0. The van der Waals surface area contributed by atoms with Crippen molar-refractivity contribution < 1.29 is 14.3 Å². The van der Waals surface area contributed by atoms with Gasteiger partial charge in [0.15, 0.2) is 5.78 Å². The Balaban J connectivity index is 2.29. The van der Waals surface area contributed by atoms with Gasteiger partial charge in [0.1, 0.15) is 6.04 Å². The van der Waals surface area contributed by atoms with Crippen LogP contribution in [0, 0.1) is 0 Å². The van der Waals surface area contributed by atoms with Gasteiger partial charge in [0.2, 0.25) is 0 Å². The molecule has 1 heterocycles. The Kier molecular flexibility index (Phi) is 3.85. The maximum atomic E-state index is 12.5. The second kappa shape index (κ2) is 5.25. The van der Waals surface area contributed by atoms with Crippen molar-refractivity contribution in [3.63, 3.8) is 0 Å². The number of thioether (sulfide) groups is 1. The van der Waals surface area contributed by atoms with Gasteiger partial charge in [-0.15, -0.1) is 11.8 Å². The van der Waals surface area contributed by atoms with E-state index in [0.29, 0.717) is 11.3 Å². The molecule has 1 aliphatic heterocycles. The maximum absolute atomic E-state index is 12.5. The molecule has 1 aliphatic rings. The average Bonchev–Trinajstić information content (AvgIpc) is 2.73. The molecule has 0 aromatic heterocycles. The number of ketones is 1. The number of amides is 1. The minimum Gasteiger partial charge on any atom is -0.453 e. The number of nitrogens with zero attached hydrogens (tertiary/aromatic N) is 1. The Morgan fingerprint density at radius 1 is 1.32 bits per heavy atom. The van der Waals surface area contributed by atoms with Crippen molar-refractivity contribution in [2.45, 2.75) is 24.8 Å². The van der Waals surface area contributed by atoms with Crippen molar-refractivity contribution in [2.75, 3.05) is 12.9 Å². The van der Waals surface area contributed by atoms with Crippen LogP contribution in [0.5, 0.6) is 0 Å². The number of Topliss-reactive ketones (excluding diaryl/α,β-unsaturated/α-hetero) is 1. The van der Waals surface area contributed by atoms with Gasteiger partial charge in [-0.2, -0.15) is 0 Å². The van der Waals surface area contributed by atoms with Crippen LogP contribution in [0.2, 0.25) is 0 Å². The van der Waals surface area contributed by atoms with Crippen molar-refractivity contribution in [3.05, 3.63) is 35.9 Å². The monoisotopic (exact) mass is 279 g/mol. The second-order valence-corrected chi connectivity index (χ2v) is 6.46. The number of hydrogen-bond donors (Lipinski definition) is 0. The molecule has 5 heteroatoms. The average molecular weight is 279 g/mol. The molecule has 1 atom stereocenters. The molecule has 2 rings (SSSR count). The topological polar surface area (TPSA) is 46.6 Å². The van der Waals surface area contributed by atoms with Crippen LogP contribution in [-0.4, -0.2) is 40.6 Å². The lowest BCUT2D eigenvalue weighted by Crippen LogP contribution is -2.49. The minimum atomic E-state index is -0.463. The number of rotatable bonds is 2. The molecule has 0 aliphatic carbocycles. The minimum absolute atomic E-state index is 0.0379. The standard InChI is InChI=1S/C14H17NO3S/c1-14(2)15(13(17)18-3)11(9-19-14)12(16)10-7-5-4-6-8-10/h4-8,11H,9H2,1-3H3/t11-/m0/s1. The molecule has 1 saturated heterocycles. The van der Waals surface area contributed by atoms with Crippen molar-refractivity contribution in [3.8, 4) is 0 Å². The molecule has 0 saturated carbocycles. The number of hydrogen-bond acceptors (Lipinski definition) is 4. The van der Waals surface area contributed by atoms with Crippen LogP contribution in [0.4, 0.5) is 4.79 Å². The summed E-state index contributed by atoms with van der Waals surface area (Å²) in [6.07, 6.45) is -0.454. The molecular formula is C14H17NO3S. The Bertz CT molecular complexity index is 487. The number of carbonyl (C=O) groups excluding carboxylic acids is 2. The summed E-state index contributed by atoms with van der Waals surface area (Å²) in [4.78, 5) is 25.5.